The largest absolute Gasteiger partial charge is 0.329 e. The van der Waals surface area contributed by atoms with Gasteiger partial charge >= 0.3 is 0 Å². The van der Waals surface area contributed by atoms with Gasteiger partial charge in [-0.05, 0) is 25.2 Å². The van der Waals surface area contributed by atoms with Crippen LogP contribution in [-0.2, 0) is 20.9 Å². The van der Waals surface area contributed by atoms with E-state index in [9.17, 15) is 0 Å². The molecule has 0 radical (unpaired) electrons. The highest BCUT2D eigenvalue weighted by Crippen LogP contribution is 2.56. The zero-order valence-corrected chi connectivity index (χ0v) is 8.95. The average molecular weight is 194 g/mol. The second-order valence-electron chi connectivity index (χ2n) is 3.17. The fourth-order valence-electron chi connectivity index (χ4n) is 0.951. The molecule has 0 aliphatic carbocycles. The smallest absolute Gasteiger partial charge is 0.191 e. The summed E-state index contributed by atoms with van der Waals surface area (Å²) >= 11 is 5.32. The molecule has 0 amide bonds. The summed E-state index contributed by atoms with van der Waals surface area (Å²) in [5.41, 5.74) is 0.347. The molecule has 1 fully saturated rings. The lowest BCUT2D eigenvalue weighted by Gasteiger charge is -2.33. The first-order valence-electron chi connectivity index (χ1n) is 3.97. The molecule has 66 valence electrons. The fraction of sp³-hybridized carbons (Fsp3) is 1.00. The van der Waals surface area contributed by atoms with Crippen LogP contribution in [0, 0.1) is 0 Å². The van der Waals surface area contributed by atoms with Gasteiger partial charge < -0.3 is 9.05 Å². The van der Waals surface area contributed by atoms with Gasteiger partial charge in [0.1, 0.15) is 0 Å². The summed E-state index contributed by atoms with van der Waals surface area (Å²) in [7, 11) is 0. The summed E-state index contributed by atoms with van der Waals surface area (Å²) in [6.45, 7) is 5.06. The standard InChI is InChI=1S/C7H15O2PS/c1-6(2)10(11)8-5-4-7(3)9-10/h6-7H,4-5H2,1-3H3. The van der Waals surface area contributed by atoms with Gasteiger partial charge in [-0.1, -0.05) is 13.8 Å². The van der Waals surface area contributed by atoms with Crippen LogP contribution in [-0.4, -0.2) is 18.4 Å². The minimum Gasteiger partial charge on any atom is -0.329 e. The van der Waals surface area contributed by atoms with Gasteiger partial charge in [-0.3, -0.25) is 0 Å². The summed E-state index contributed by atoms with van der Waals surface area (Å²) in [5.74, 6) is 0. The van der Waals surface area contributed by atoms with Crippen molar-refractivity contribution in [2.75, 3.05) is 6.61 Å². The van der Waals surface area contributed by atoms with Crippen LogP contribution in [0.5, 0.6) is 0 Å². The second kappa shape index (κ2) is 3.53. The van der Waals surface area contributed by atoms with Crippen LogP contribution in [0.1, 0.15) is 27.2 Å². The summed E-state index contributed by atoms with van der Waals surface area (Å²) in [6, 6.07) is 0. The maximum Gasteiger partial charge on any atom is 0.191 e. The van der Waals surface area contributed by atoms with E-state index < -0.39 is 6.49 Å². The lowest BCUT2D eigenvalue weighted by atomic mass is 10.3. The van der Waals surface area contributed by atoms with E-state index in [-0.39, 0.29) is 6.10 Å². The summed E-state index contributed by atoms with van der Waals surface area (Å²) in [4.78, 5) is 0. The third-order valence-electron chi connectivity index (χ3n) is 1.75. The lowest BCUT2D eigenvalue weighted by Crippen LogP contribution is -2.20. The van der Waals surface area contributed by atoms with Crippen molar-refractivity contribution in [3.05, 3.63) is 0 Å². The predicted octanol–water partition coefficient (Wildman–Crippen LogP) is 2.53. The Morgan fingerprint density at radius 1 is 1.55 bits per heavy atom. The van der Waals surface area contributed by atoms with Gasteiger partial charge in [0.15, 0.2) is 6.49 Å². The Morgan fingerprint density at radius 2 is 2.18 bits per heavy atom. The topological polar surface area (TPSA) is 18.5 Å². The van der Waals surface area contributed by atoms with Crippen LogP contribution < -0.4 is 0 Å². The minimum absolute atomic E-state index is 0.289. The van der Waals surface area contributed by atoms with E-state index in [1.807, 2.05) is 0 Å². The Labute approximate surface area is 73.4 Å². The minimum atomic E-state index is -1.91. The molecular formula is C7H15O2PS. The normalized spacial score (nSPS) is 39.5. The molecule has 2 nitrogen and oxygen atoms in total. The van der Waals surface area contributed by atoms with Gasteiger partial charge in [0, 0.05) is 5.66 Å². The van der Waals surface area contributed by atoms with Gasteiger partial charge in [0.2, 0.25) is 0 Å². The monoisotopic (exact) mass is 194 g/mol. The van der Waals surface area contributed by atoms with E-state index in [4.69, 9.17) is 20.9 Å². The van der Waals surface area contributed by atoms with Gasteiger partial charge in [-0.15, -0.1) is 0 Å². The zero-order chi connectivity index (χ0) is 8.48. The molecule has 1 heterocycles. The van der Waals surface area contributed by atoms with Crippen molar-refractivity contribution in [2.45, 2.75) is 39.0 Å². The Bertz CT molecular complexity index is 181. The first-order chi connectivity index (χ1) is 5.04. The van der Waals surface area contributed by atoms with E-state index in [2.05, 4.69) is 20.8 Å². The van der Waals surface area contributed by atoms with E-state index >= 15 is 0 Å². The predicted molar refractivity (Wildman–Crippen MR) is 50.5 cm³/mol. The molecule has 1 rings (SSSR count). The maximum absolute atomic E-state index is 5.64. The molecule has 2 atom stereocenters. The van der Waals surface area contributed by atoms with Gasteiger partial charge in [-0.2, -0.15) is 0 Å². The van der Waals surface area contributed by atoms with E-state index in [0.717, 1.165) is 13.0 Å². The highest BCUT2D eigenvalue weighted by molar-refractivity contribution is 8.10. The van der Waals surface area contributed by atoms with E-state index in [0.29, 0.717) is 5.66 Å². The highest BCUT2D eigenvalue weighted by Gasteiger charge is 2.29. The van der Waals surface area contributed by atoms with E-state index in [1.165, 1.54) is 0 Å². The van der Waals surface area contributed by atoms with Crippen molar-refractivity contribution in [3.63, 3.8) is 0 Å². The third-order valence-corrected chi connectivity index (χ3v) is 6.06. The molecule has 0 N–H and O–H groups in total. The molecule has 0 aromatic rings. The van der Waals surface area contributed by atoms with Crippen LogP contribution in [0.3, 0.4) is 0 Å². The maximum atomic E-state index is 5.64. The average Bonchev–Trinajstić information content (AvgIpc) is 1.86. The SMILES string of the molecule is CC1CCOP(=S)(C(C)C)O1. The van der Waals surface area contributed by atoms with Crippen LogP contribution in [0.15, 0.2) is 0 Å². The fourth-order valence-corrected chi connectivity index (χ4v) is 3.18. The van der Waals surface area contributed by atoms with Crippen LogP contribution in [0.2, 0.25) is 0 Å². The number of hydrogen-bond donors (Lipinski definition) is 0. The molecule has 1 aliphatic heterocycles. The molecule has 2 unspecified atom stereocenters. The van der Waals surface area contributed by atoms with Gasteiger partial charge in [-0.25, -0.2) is 0 Å². The van der Waals surface area contributed by atoms with Gasteiger partial charge in [0.05, 0.1) is 12.7 Å². The van der Waals surface area contributed by atoms with Crippen molar-refractivity contribution >= 4 is 18.3 Å². The molecule has 11 heavy (non-hydrogen) atoms. The number of hydrogen-bond acceptors (Lipinski definition) is 3. The van der Waals surface area contributed by atoms with Gasteiger partial charge in [0.25, 0.3) is 0 Å². The molecule has 1 saturated heterocycles. The lowest BCUT2D eigenvalue weighted by molar-refractivity contribution is 0.116. The molecule has 4 heteroatoms. The number of rotatable bonds is 1. The summed E-state index contributed by atoms with van der Waals surface area (Å²) in [5, 5.41) is 0. The molecule has 0 saturated carbocycles. The van der Waals surface area contributed by atoms with Crippen molar-refractivity contribution in [1.29, 1.82) is 0 Å². The Hall–Kier alpha value is 0.570. The Morgan fingerprint density at radius 3 is 2.55 bits per heavy atom. The third kappa shape index (κ3) is 2.25. The van der Waals surface area contributed by atoms with Crippen LogP contribution >= 0.6 is 6.49 Å². The summed E-state index contributed by atoms with van der Waals surface area (Å²) in [6.07, 6.45) is 1.27. The first kappa shape index (κ1) is 9.66. The van der Waals surface area contributed by atoms with Crippen molar-refractivity contribution < 1.29 is 9.05 Å². The Kier molecular flexibility index (Phi) is 3.10. The van der Waals surface area contributed by atoms with Crippen LogP contribution in [0.25, 0.3) is 0 Å². The molecule has 0 aromatic carbocycles. The Balaban J connectivity index is 2.63. The molecule has 0 aromatic heterocycles. The summed E-state index contributed by atoms with van der Waals surface area (Å²) < 4.78 is 11.1. The van der Waals surface area contributed by atoms with E-state index in [1.54, 1.807) is 0 Å². The van der Waals surface area contributed by atoms with Crippen molar-refractivity contribution in [1.82, 2.24) is 0 Å². The van der Waals surface area contributed by atoms with Crippen molar-refractivity contribution in [3.8, 4) is 0 Å². The molecular weight excluding hydrogens is 179 g/mol. The molecule has 0 spiro atoms. The highest BCUT2D eigenvalue weighted by atomic mass is 32.5. The second-order valence-corrected chi connectivity index (χ2v) is 7.28. The molecule has 1 aliphatic rings. The van der Waals surface area contributed by atoms with Crippen molar-refractivity contribution in [2.24, 2.45) is 0 Å². The van der Waals surface area contributed by atoms with Crippen LogP contribution in [0.4, 0.5) is 0 Å². The quantitative estimate of drug-likeness (QED) is 0.597. The zero-order valence-electron chi connectivity index (χ0n) is 7.24. The molecule has 0 bridgehead atoms. The first-order valence-corrected chi connectivity index (χ1v) is 6.68.